The summed E-state index contributed by atoms with van der Waals surface area (Å²) in [5.41, 5.74) is 0.686. The molecule has 1 aliphatic rings. The van der Waals surface area contributed by atoms with E-state index < -0.39 is 21.9 Å². The van der Waals surface area contributed by atoms with Crippen molar-refractivity contribution in [3.8, 4) is 0 Å². The smallest absolute Gasteiger partial charge is 0.350 e. The Hall–Kier alpha value is -2.83. The molecule has 1 fully saturated rings. The molecule has 1 saturated heterocycles. The number of aryl methyl sites for hydroxylation is 1. The first-order valence-corrected chi connectivity index (χ1v) is 11.6. The number of aromatic nitrogens is 1. The van der Waals surface area contributed by atoms with E-state index in [1.807, 2.05) is 0 Å². The van der Waals surface area contributed by atoms with Gasteiger partial charge in [-0.3, -0.25) is 14.9 Å². The highest BCUT2D eigenvalue weighted by molar-refractivity contribution is 7.89. The zero-order chi connectivity index (χ0) is 22.8. The molecule has 31 heavy (non-hydrogen) atoms. The maximum absolute atomic E-state index is 12.8. The van der Waals surface area contributed by atoms with Crippen molar-refractivity contribution in [1.29, 1.82) is 0 Å². The van der Waals surface area contributed by atoms with Crippen molar-refractivity contribution in [3.05, 3.63) is 40.4 Å². The van der Waals surface area contributed by atoms with Crippen LogP contribution >= 0.6 is 11.3 Å². The van der Waals surface area contributed by atoms with Crippen molar-refractivity contribution in [1.82, 2.24) is 14.2 Å². The van der Waals surface area contributed by atoms with Crippen LogP contribution in [0.1, 0.15) is 32.6 Å². The Labute approximate surface area is 183 Å². The SMILES string of the molecule is COC(=O)c1sc(NC(=O)c2ccc(S(=O)(=O)N3CCN(C(C)=O)CC3)cc2)nc1C. The van der Waals surface area contributed by atoms with Crippen LogP contribution in [0.25, 0.3) is 0 Å². The number of hydrogen-bond donors (Lipinski definition) is 1. The highest BCUT2D eigenvalue weighted by Gasteiger charge is 2.29. The third-order valence-corrected chi connectivity index (χ3v) is 7.79. The van der Waals surface area contributed by atoms with Crippen LogP contribution in [-0.4, -0.2) is 73.7 Å². The molecule has 166 valence electrons. The number of nitrogens with zero attached hydrogens (tertiary/aromatic N) is 3. The number of methoxy groups -OCH3 is 1. The number of anilines is 1. The van der Waals surface area contributed by atoms with Gasteiger partial charge in [0.25, 0.3) is 5.91 Å². The summed E-state index contributed by atoms with van der Waals surface area (Å²) in [6.45, 7) is 4.21. The van der Waals surface area contributed by atoms with E-state index in [2.05, 4.69) is 15.0 Å². The van der Waals surface area contributed by atoms with Crippen molar-refractivity contribution in [2.24, 2.45) is 0 Å². The number of thiazole rings is 1. The molecule has 0 aliphatic carbocycles. The van der Waals surface area contributed by atoms with E-state index in [0.717, 1.165) is 11.3 Å². The summed E-state index contributed by atoms with van der Waals surface area (Å²) < 4.78 is 31.7. The van der Waals surface area contributed by atoms with E-state index in [-0.39, 0.29) is 34.6 Å². The number of sulfonamides is 1. The Morgan fingerprint density at radius 2 is 1.71 bits per heavy atom. The van der Waals surface area contributed by atoms with Gasteiger partial charge in [0.05, 0.1) is 17.7 Å². The monoisotopic (exact) mass is 466 g/mol. The first kappa shape index (κ1) is 22.8. The lowest BCUT2D eigenvalue weighted by atomic mass is 10.2. The average molecular weight is 467 g/mol. The summed E-state index contributed by atoms with van der Waals surface area (Å²) in [5.74, 6) is -1.10. The van der Waals surface area contributed by atoms with Gasteiger partial charge in [-0.15, -0.1) is 0 Å². The van der Waals surface area contributed by atoms with Crippen molar-refractivity contribution in [3.63, 3.8) is 0 Å². The molecule has 0 bridgehead atoms. The standard InChI is InChI=1S/C19H22N4O6S2/c1-12-16(18(26)29-3)30-19(20-12)21-17(25)14-4-6-15(7-5-14)31(27,28)23-10-8-22(9-11-23)13(2)24/h4-7H,8-11H2,1-3H3,(H,20,21,25). The number of carbonyl (C=O) groups excluding carboxylic acids is 3. The van der Waals surface area contributed by atoms with Crippen LogP contribution in [0.15, 0.2) is 29.2 Å². The summed E-state index contributed by atoms with van der Waals surface area (Å²) >= 11 is 0.995. The van der Waals surface area contributed by atoms with Gasteiger partial charge < -0.3 is 9.64 Å². The molecule has 1 N–H and O–H groups in total. The molecule has 10 nitrogen and oxygen atoms in total. The maximum Gasteiger partial charge on any atom is 0.350 e. The highest BCUT2D eigenvalue weighted by Crippen LogP contribution is 2.24. The third-order valence-electron chi connectivity index (χ3n) is 4.83. The molecule has 2 heterocycles. The summed E-state index contributed by atoms with van der Waals surface area (Å²) in [5, 5.41) is 2.84. The van der Waals surface area contributed by atoms with Crippen LogP contribution in [-0.2, 0) is 19.6 Å². The minimum Gasteiger partial charge on any atom is -0.465 e. The number of benzene rings is 1. The highest BCUT2D eigenvalue weighted by atomic mass is 32.2. The normalized spacial score (nSPS) is 14.9. The number of esters is 1. The minimum atomic E-state index is -3.73. The lowest BCUT2D eigenvalue weighted by Crippen LogP contribution is -2.49. The summed E-state index contributed by atoms with van der Waals surface area (Å²) in [7, 11) is -2.46. The lowest BCUT2D eigenvalue weighted by molar-refractivity contribution is -0.129. The number of hydrogen-bond acceptors (Lipinski definition) is 8. The number of nitrogens with one attached hydrogen (secondary N) is 1. The first-order chi connectivity index (χ1) is 14.6. The van der Waals surface area contributed by atoms with E-state index in [4.69, 9.17) is 0 Å². The third kappa shape index (κ3) is 4.92. The summed E-state index contributed by atoms with van der Waals surface area (Å²) in [6, 6.07) is 5.56. The van der Waals surface area contributed by atoms with E-state index in [1.54, 1.807) is 11.8 Å². The minimum absolute atomic E-state index is 0.0680. The van der Waals surface area contributed by atoms with E-state index in [1.165, 1.54) is 42.6 Å². The second-order valence-electron chi connectivity index (χ2n) is 6.81. The number of piperazine rings is 1. The van der Waals surface area contributed by atoms with Gasteiger partial charge in [0.1, 0.15) is 4.88 Å². The van der Waals surface area contributed by atoms with Crippen LogP contribution < -0.4 is 5.32 Å². The number of rotatable bonds is 5. The zero-order valence-electron chi connectivity index (χ0n) is 17.2. The Morgan fingerprint density at radius 3 is 2.26 bits per heavy atom. The zero-order valence-corrected chi connectivity index (χ0v) is 18.9. The Bertz CT molecular complexity index is 1100. The van der Waals surface area contributed by atoms with Crippen LogP contribution in [0.4, 0.5) is 5.13 Å². The van der Waals surface area contributed by atoms with E-state index in [0.29, 0.717) is 23.7 Å². The summed E-state index contributed by atoms with van der Waals surface area (Å²) in [4.78, 5) is 41.7. The van der Waals surface area contributed by atoms with Crippen molar-refractivity contribution < 1.29 is 27.5 Å². The topological polar surface area (TPSA) is 126 Å². The van der Waals surface area contributed by atoms with Gasteiger partial charge >= 0.3 is 5.97 Å². The largest absolute Gasteiger partial charge is 0.465 e. The fraction of sp³-hybridized carbons (Fsp3) is 0.368. The van der Waals surface area contributed by atoms with Crippen LogP contribution in [0.2, 0.25) is 0 Å². The number of carbonyl (C=O) groups is 3. The van der Waals surface area contributed by atoms with Gasteiger partial charge in [-0.25, -0.2) is 18.2 Å². The molecule has 0 spiro atoms. The van der Waals surface area contributed by atoms with Crippen LogP contribution in [0, 0.1) is 6.92 Å². The molecular formula is C19H22N4O6S2. The quantitative estimate of drug-likeness (QED) is 0.659. The van der Waals surface area contributed by atoms with Crippen molar-refractivity contribution in [2.45, 2.75) is 18.7 Å². The van der Waals surface area contributed by atoms with E-state index >= 15 is 0 Å². The van der Waals surface area contributed by atoms with Crippen LogP contribution in [0.3, 0.4) is 0 Å². The first-order valence-electron chi connectivity index (χ1n) is 9.36. The lowest BCUT2D eigenvalue weighted by Gasteiger charge is -2.33. The molecule has 0 unspecified atom stereocenters. The van der Waals surface area contributed by atoms with E-state index in [9.17, 15) is 22.8 Å². The van der Waals surface area contributed by atoms with Gasteiger partial charge in [-0.05, 0) is 31.2 Å². The molecule has 2 aromatic rings. The molecule has 12 heteroatoms. The molecule has 0 radical (unpaired) electrons. The Morgan fingerprint density at radius 1 is 1.10 bits per heavy atom. The van der Waals surface area contributed by atoms with Crippen LogP contribution in [0.5, 0.6) is 0 Å². The molecule has 1 aliphatic heterocycles. The Kier molecular flexibility index (Phi) is 6.72. The molecule has 3 rings (SSSR count). The molecule has 0 saturated carbocycles. The second kappa shape index (κ2) is 9.12. The number of amides is 2. The molecule has 0 atom stereocenters. The van der Waals surface area contributed by atoms with Gasteiger partial charge in [0, 0.05) is 38.7 Å². The number of ether oxygens (including phenoxy) is 1. The molecule has 2 amide bonds. The predicted molar refractivity (Wildman–Crippen MR) is 114 cm³/mol. The van der Waals surface area contributed by atoms with Gasteiger partial charge in [0.15, 0.2) is 5.13 Å². The van der Waals surface area contributed by atoms with Crippen molar-refractivity contribution in [2.75, 3.05) is 38.6 Å². The predicted octanol–water partition coefficient (Wildman–Crippen LogP) is 1.34. The molecular weight excluding hydrogens is 444 g/mol. The van der Waals surface area contributed by atoms with Gasteiger partial charge in [0.2, 0.25) is 15.9 Å². The molecule has 1 aromatic heterocycles. The molecule has 1 aromatic carbocycles. The fourth-order valence-corrected chi connectivity index (χ4v) is 5.37. The summed E-state index contributed by atoms with van der Waals surface area (Å²) in [6.07, 6.45) is 0. The Balaban J connectivity index is 1.69. The van der Waals surface area contributed by atoms with Gasteiger partial charge in [-0.2, -0.15) is 4.31 Å². The maximum atomic E-state index is 12.8. The average Bonchev–Trinajstić information content (AvgIpc) is 3.13. The van der Waals surface area contributed by atoms with Crippen molar-refractivity contribution >= 4 is 44.3 Å². The van der Waals surface area contributed by atoms with Gasteiger partial charge in [-0.1, -0.05) is 11.3 Å². The second-order valence-corrected chi connectivity index (χ2v) is 9.75. The fourth-order valence-electron chi connectivity index (χ4n) is 3.07.